The molecule has 0 saturated heterocycles. The summed E-state index contributed by atoms with van der Waals surface area (Å²) in [5.74, 6) is -1.19. The molecule has 0 aromatic rings. The van der Waals surface area contributed by atoms with Crippen LogP contribution in [0.25, 0.3) is 0 Å². The first-order valence-corrected chi connectivity index (χ1v) is 5.12. The molecule has 0 aliphatic rings. The van der Waals surface area contributed by atoms with Crippen molar-refractivity contribution in [2.75, 3.05) is 13.2 Å². The Labute approximate surface area is 98.5 Å². The van der Waals surface area contributed by atoms with Crippen molar-refractivity contribution in [1.29, 1.82) is 0 Å². The summed E-state index contributed by atoms with van der Waals surface area (Å²) in [6.45, 7) is 3.11. The van der Waals surface area contributed by atoms with Crippen LogP contribution < -0.4 is 0 Å². The van der Waals surface area contributed by atoms with Crippen LogP contribution in [0.1, 0.15) is 26.7 Å². The monoisotopic (exact) mass is 245 g/mol. The van der Waals surface area contributed by atoms with Crippen molar-refractivity contribution >= 4 is 11.9 Å². The maximum absolute atomic E-state index is 11.0. The second kappa shape index (κ2) is 8.26. The molecule has 0 aromatic carbocycles. The number of nitro groups is 1. The molecule has 0 bridgehead atoms. The number of carbonyl (C=O) groups excluding carboxylic acids is 2. The Kier molecular flexibility index (Phi) is 7.32. The van der Waals surface area contributed by atoms with Gasteiger partial charge < -0.3 is 9.47 Å². The molecule has 96 valence electrons. The Bertz CT molecular complexity index is 323. The number of rotatable bonds is 7. The van der Waals surface area contributed by atoms with E-state index in [9.17, 15) is 19.7 Å². The molecule has 0 aliphatic heterocycles. The summed E-state index contributed by atoms with van der Waals surface area (Å²) >= 11 is 0. The molecule has 0 rings (SSSR count). The first-order chi connectivity index (χ1) is 7.97. The molecule has 0 aromatic heterocycles. The SMILES string of the molecule is CCOC(=O)/C=C(\CCCOC(C)=O)[N+](=O)[O-]. The highest BCUT2D eigenvalue weighted by Gasteiger charge is 2.13. The van der Waals surface area contributed by atoms with Gasteiger partial charge in [-0.05, 0) is 13.3 Å². The summed E-state index contributed by atoms with van der Waals surface area (Å²) in [4.78, 5) is 31.4. The summed E-state index contributed by atoms with van der Waals surface area (Å²) in [5.41, 5.74) is -0.254. The molecule has 0 fully saturated rings. The lowest BCUT2D eigenvalue weighted by atomic mass is 10.2. The lowest BCUT2D eigenvalue weighted by Gasteiger charge is -2.01. The fraction of sp³-hybridized carbons (Fsp3) is 0.600. The predicted molar refractivity (Wildman–Crippen MR) is 57.6 cm³/mol. The molecular weight excluding hydrogens is 230 g/mol. The molecule has 0 amide bonds. The van der Waals surface area contributed by atoms with Crippen LogP contribution in [-0.2, 0) is 19.1 Å². The van der Waals surface area contributed by atoms with Gasteiger partial charge in [-0.2, -0.15) is 0 Å². The highest BCUT2D eigenvalue weighted by atomic mass is 16.6. The van der Waals surface area contributed by atoms with Gasteiger partial charge in [0.15, 0.2) is 0 Å². The summed E-state index contributed by atoms with van der Waals surface area (Å²) in [5, 5.41) is 10.6. The number of esters is 2. The summed E-state index contributed by atoms with van der Waals surface area (Å²) < 4.78 is 9.18. The van der Waals surface area contributed by atoms with Crippen molar-refractivity contribution < 1.29 is 24.0 Å². The zero-order chi connectivity index (χ0) is 13.3. The molecule has 7 nitrogen and oxygen atoms in total. The standard InChI is InChI=1S/C10H15NO6/c1-3-16-10(13)7-9(11(14)15)5-4-6-17-8(2)12/h7H,3-6H2,1-2H3/b9-7+. The predicted octanol–water partition coefficient (Wildman–Crippen LogP) is 1.05. The maximum Gasteiger partial charge on any atom is 0.337 e. The Hall–Kier alpha value is -1.92. The zero-order valence-electron chi connectivity index (χ0n) is 9.80. The minimum atomic E-state index is -0.744. The van der Waals surface area contributed by atoms with Crippen LogP contribution in [0.15, 0.2) is 11.8 Å². The van der Waals surface area contributed by atoms with Crippen molar-refractivity contribution in [2.45, 2.75) is 26.7 Å². The van der Waals surface area contributed by atoms with E-state index in [1.807, 2.05) is 0 Å². The second-order valence-corrected chi connectivity index (χ2v) is 3.09. The van der Waals surface area contributed by atoms with Crippen molar-refractivity contribution in [3.8, 4) is 0 Å². The molecule has 0 saturated carbocycles. The lowest BCUT2D eigenvalue weighted by molar-refractivity contribution is -0.428. The van der Waals surface area contributed by atoms with Gasteiger partial charge in [0.05, 0.1) is 24.2 Å². The van der Waals surface area contributed by atoms with Crippen molar-refractivity contribution in [1.82, 2.24) is 0 Å². The van der Waals surface area contributed by atoms with Crippen LogP contribution in [-0.4, -0.2) is 30.1 Å². The van der Waals surface area contributed by atoms with Crippen LogP contribution in [0.5, 0.6) is 0 Å². The summed E-state index contributed by atoms with van der Waals surface area (Å²) in [7, 11) is 0. The van der Waals surface area contributed by atoms with E-state index in [2.05, 4.69) is 9.47 Å². The molecule has 7 heteroatoms. The van der Waals surface area contributed by atoms with Crippen molar-refractivity contribution in [3.05, 3.63) is 21.9 Å². The van der Waals surface area contributed by atoms with Gasteiger partial charge in [0, 0.05) is 13.3 Å². The molecule has 0 atom stereocenters. The number of hydrogen-bond donors (Lipinski definition) is 0. The minimum absolute atomic E-state index is 0.0408. The normalized spacial score (nSPS) is 10.8. The minimum Gasteiger partial charge on any atom is -0.466 e. The fourth-order valence-corrected chi connectivity index (χ4v) is 1.01. The van der Waals surface area contributed by atoms with Crippen molar-refractivity contribution in [3.63, 3.8) is 0 Å². The maximum atomic E-state index is 11.0. The average Bonchev–Trinajstić information content (AvgIpc) is 2.22. The van der Waals surface area contributed by atoms with E-state index in [0.29, 0.717) is 0 Å². The van der Waals surface area contributed by atoms with Gasteiger partial charge in [-0.25, -0.2) is 4.79 Å². The van der Waals surface area contributed by atoms with Crippen molar-refractivity contribution in [2.24, 2.45) is 0 Å². The highest BCUT2D eigenvalue weighted by molar-refractivity contribution is 5.82. The van der Waals surface area contributed by atoms with Gasteiger partial charge in [0.2, 0.25) is 0 Å². The third-order valence-corrected chi connectivity index (χ3v) is 1.69. The summed E-state index contributed by atoms with van der Waals surface area (Å²) in [6, 6.07) is 0. The Morgan fingerprint density at radius 2 is 2.00 bits per heavy atom. The first-order valence-electron chi connectivity index (χ1n) is 5.12. The van der Waals surface area contributed by atoms with E-state index >= 15 is 0 Å². The third kappa shape index (κ3) is 7.95. The molecule has 0 radical (unpaired) electrons. The van der Waals surface area contributed by atoms with Crippen LogP contribution in [0.3, 0.4) is 0 Å². The van der Waals surface area contributed by atoms with Gasteiger partial charge in [0.1, 0.15) is 0 Å². The number of carbonyl (C=O) groups is 2. The quantitative estimate of drug-likeness (QED) is 0.219. The van der Waals surface area contributed by atoms with E-state index in [-0.39, 0.29) is 31.8 Å². The molecule has 0 unspecified atom stereocenters. The number of allylic oxidation sites excluding steroid dienone is 1. The first kappa shape index (κ1) is 15.1. The largest absolute Gasteiger partial charge is 0.466 e. The molecular formula is C10H15NO6. The second-order valence-electron chi connectivity index (χ2n) is 3.09. The van der Waals surface area contributed by atoms with Gasteiger partial charge in [-0.3, -0.25) is 14.9 Å². The van der Waals surface area contributed by atoms with Crippen LogP contribution in [0.2, 0.25) is 0 Å². The summed E-state index contributed by atoms with van der Waals surface area (Å²) in [6.07, 6.45) is 1.17. The Balaban J connectivity index is 4.20. The van der Waals surface area contributed by atoms with E-state index in [1.54, 1.807) is 6.92 Å². The van der Waals surface area contributed by atoms with Crippen LogP contribution in [0.4, 0.5) is 0 Å². The van der Waals surface area contributed by atoms with Gasteiger partial charge in [-0.1, -0.05) is 0 Å². The van der Waals surface area contributed by atoms with Crippen LogP contribution in [0, 0.1) is 10.1 Å². The zero-order valence-corrected chi connectivity index (χ0v) is 9.80. The van der Waals surface area contributed by atoms with Gasteiger partial charge in [-0.15, -0.1) is 0 Å². The lowest BCUT2D eigenvalue weighted by Crippen LogP contribution is -2.08. The molecule has 0 aliphatic carbocycles. The van der Waals surface area contributed by atoms with Crippen LogP contribution >= 0.6 is 0 Å². The Morgan fingerprint density at radius 3 is 2.47 bits per heavy atom. The van der Waals surface area contributed by atoms with E-state index in [1.165, 1.54) is 6.92 Å². The number of nitrogens with zero attached hydrogens (tertiary/aromatic N) is 1. The highest BCUT2D eigenvalue weighted by Crippen LogP contribution is 2.06. The van der Waals surface area contributed by atoms with Gasteiger partial charge >= 0.3 is 11.9 Å². The molecule has 0 heterocycles. The van der Waals surface area contributed by atoms with E-state index < -0.39 is 16.9 Å². The number of hydrogen-bond acceptors (Lipinski definition) is 6. The molecule has 0 N–H and O–H groups in total. The van der Waals surface area contributed by atoms with E-state index in [4.69, 9.17) is 0 Å². The Morgan fingerprint density at radius 1 is 1.35 bits per heavy atom. The van der Waals surface area contributed by atoms with E-state index in [0.717, 1.165) is 6.08 Å². The topological polar surface area (TPSA) is 95.7 Å². The molecule has 17 heavy (non-hydrogen) atoms. The number of ether oxygens (including phenoxy) is 2. The molecule has 0 spiro atoms. The smallest absolute Gasteiger partial charge is 0.337 e. The third-order valence-electron chi connectivity index (χ3n) is 1.69. The van der Waals surface area contributed by atoms with Gasteiger partial charge in [0.25, 0.3) is 5.70 Å². The average molecular weight is 245 g/mol. The fourth-order valence-electron chi connectivity index (χ4n) is 1.01.